The van der Waals surface area contributed by atoms with Gasteiger partial charge in [-0.25, -0.2) is 5.48 Å². The monoisotopic (exact) mass is 402 g/mol. The number of amidine groups is 1. The highest BCUT2D eigenvalue weighted by atomic mass is 35.5. The van der Waals surface area contributed by atoms with Gasteiger partial charge in [-0.15, -0.1) is 0 Å². The second-order valence-electron chi connectivity index (χ2n) is 5.62. The lowest BCUT2D eigenvalue weighted by Crippen LogP contribution is -2.32. The van der Waals surface area contributed by atoms with Gasteiger partial charge in [0.25, 0.3) is 0 Å². The number of rotatable bonds is 8. The molecule has 0 aliphatic heterocycles. The minimum atomic E-state index is 0.244. The molecule has 0 atom stereocenters. The van der Waals surface area contributed by atoms with E-state index in [1.54, 1.807) is 7.05 Å². The van der Waals surface area contributed by atoms with Crippen molar-refractivity contribution < 1.29 is 14.5 Å². The van der Waals surface area contributed by atoms with E-state index in [9.17, 15) is 0 Å². The third-order valence-corrected chi connectivity index (χ3v) is 4.04. The zero-order chi connectivity index (χ0) is 20.4. The molecule has 0 spiro atoms. The van der Waals surface area contributed by atoms with Crippen LogP contribution in [-0.2, 0) is 21.1 Å². The summed E-state index contributed by atoms with van der Waals surface area (Å²) in [4.78, 5) is 19.7. The van der Waals surface area contributed by atoms with Crippen LogP contribution < -0.4 is 5.48 Å². The number of nitrogens with one attached hydrogen (secondary N) is 1. The maximum absolute atomic E-state index is 5.92. The van der Waals surface area contributed by atoms with E-state index in [0.29, 0.717) is 16.6 Å². The molecule has 0 aliphatic carbocycles. The Labute approximate surface area is 169 Å². The van der Waals surface area contributed by atoms with Crippen LogP contribution in [0, 0.1) is 0 Å². The van der Waals surface area contributed by atoms with Crippen LogP contribution in [0.25, 0.3) is 0 Å². The highest BCUT2D eigenvalue weighted by Crippen LogP contribution is 2.14. The van der Waals surface area contributed by atoms with Gasteiger partial charge >= 0.3 is 0 Å². The Kier molecular flexibility index (Phi) is 8.45. The van der Waals surface area contributed by atoms with Crippen LogP contribution in [-0.4, -0.2) is 38.5 Å². The second kappa shape index (κ2) is 11.1. The Bertz CT molecular complexity index is 864. The van der Waals surface area contributed by atoms with E-state index in [4.69, 9.17) is 26.1 Å². The Morgan fingerprint density at radius 3 is 2.39 bits per heavy atom. The van der Waals surface area contributed by atoms with E-state index >= 15 is 0 Å². The molecule has 0 amide bonds. The van der Waals surface area contributed by atoms with Crippen molar-refractivity contribution in [2.24, 2.45) is 15.3 Å². The van der Waals surface area contributed by atoms with Crippen molar-refractivity contribution in [3.8, 4) is 0 Å². The summed E-state index contributed by atoms with van der Waals surface area (Å²) in [7, 11) is 4.60. The average Bonchev–Trinajstić information content (AvgIpc) is 2.71. The predicted octanol–water partition coefficient (Wildman–Crippen LogP) is 3.81. The molecule has 7 nitrogen and oxygen atoms in total. The highest BCUT2D eigenvalue weighted by molar-refractivity contribution is 6.47. The zero-order valence-electron chi connectivity index (χ0n) is 16.3. The van der Waals surface area contributed by atoms with E-state index in [1.807, 2.05) is 55.5 Å². The molecule has 0 saturated heterocycles. The molecule has 2 aromatic carbocycles. The summed E-state index contributed by atoms with van der Waals surface area (Å²) in [5.74, 6) is 0.428. The molecule has 2 rings (SSSR count). The van der Waals surface area contributed by atoms with Crippen molar-refractivity contribution in [3.63, 3.8) is 0 Å². The molecular weight excluding hydrogens is 380 g/mol. The van der Waals surface area contributed by atoms with Gasteiger partial charge in [0.2, 0.25) is 0 Å². The molecule has 0 aliphatic rings. The zero-order valence-corrected chi connectivity index (χ0v) is 17.0. The van der Waals surface area contributed by atoms with Gasteiger partial charge < -0.3 is 9.68 Å². The quantitative estimate of drug-likeness (QED) is 0.414. The predicted molar refractivity (Wildman–Crippen MR) is 112 cm³/mol. The normalized spacial score (nSPS) is 12.7. The van der Waals surface area contributed by atoms with Gasteiger partial charge in [0.1, 0.15) is 13.7 Å². The van der Waals surface area contributed by atoms with Crippen LogP contribution >= 0.6 is 11.6 Å². The first-order valence-electron chi connectivity index (χ1n) is 8.48. The van der Waals surface area contributed by atoms with Crippen molar-refractivity contribution in [1.82, 2.24) is 5.48 Å². The van der Waals surface area contributed by atoms with Crippen LogP contribution in [0.2, 0.25) is 5.02 Å². The van der Waals surface area contributed by atoms with Gasteiger partial charge in [0.15, 0.2) is 11.5 Å². The topological polar surface area (TPSA) is 76.8 Å². The van der Waals surface area contributed by atoms with Crippen molar-refractivity contribution in [2.45, 2.75) is 13.5 Å². The smallest absolute Gasteiger partial charge is 0.175 e. The average molecular weight is 403 g/mol. The SMILES string of the molecule is CN=C(NOC)/C(=N/OC)c1ccccc1CO/N=C(\C)c1ccc(Cl)cc1. The fourth-order valence-corrected chi connectivity index (χ4v) is 2.55. The molecule has 0 fully saturated rings. The number of benzene rings is 2. The fraction of sp³-hybridized carbons (Fsp3) is 0.250. The van der Waals surface area contributed by atoms with Crippen molar-refractivity contribution in [1.29, 1.82) is 0 Å². The molecule has 0 saturated carbocycles. The summed E-state index contributed by atoms with van der Waals surface area (Å²) in [5.41, 5.74) is 6.53. The molecule has 28 heavy (non-hydrogen) atoms. The molecule has 0 heterocycles. The lowest BCUT2D eigenvalue weighted by Gasteiger charge is -2.13. The third-order valence-electron chi connectivity index (χ3n) is 3.79. The Hall–Kier alpha value is -2.90. The van der Waals surface area contributed by atoms with Crippen LogP contribution in [0.4, 0.5) is 0 Å². The minimum absolute atomic E-state index is 0.244. The number of nitrogens with zero attached hydrogens (tertiary/aromatic N) is 3. The third kappa shape index (κ3) is 5.80. The van der Waals surface area contributed by atoms with E-state index in [1.165, 1.54) is 14.2 Å². The summed E-state index contributed by atoms with van der Waals surface area (Å²) < 4.78 is 0. The summed E-state index contributed by atoms with van der Waals surface area (Å²) >= 11 is 5.92. The molecule has 2 aromatic rings. The van der Waals surface area contributed by atoms with Crippen LogP contribution in [0.1, 0.15) is 23.6 Å². The molecule has 148 valence electrons. The standard InChI is InChI=1S/C20H23ClN4O3/c1-14(15-9-11-17(21)12-10-15)23-28-13-16-7-5-6-8-18(16)19(24-26-3)20(22-2)25-27-4/h5-12H,13H2,1-4H3,(H,22,25)/b23-14+,24-19+. The summed E-state index contributed by atoms with van der Waals surface area (Å²) in [6.07, 6.45) is 0. The van der Waals surface area contributed by atoms with Crippen molar-refractivity contribution >= 4 is 28.9 Å². The van der Waals surface area contributed by atoms with Crippen molar-refractivity contribution in [2.75, 3.05) is 21.3 Å². The summed E-state index contributed by atoms with van der Waals surface area (Å²) in [6, 6.07) is 15.0. The van der Waals surface area contributed by atoms with E-state index < -0.39 is 0 Å². The molecule has 8 heteroatoms. The summed E-state index contributed by atoms with van der Waals surface area (Å²) in [6.45, 7) is 2.12. The van der Waals surface area contributed by atoms with Gasteiger partial charge in [0.05, 0.1) is 12.8 Å². The number of halogens is 1. The van der Waals surface area contributed by atoms with E-state index in [-0.39, 0.29) is 6.61 Å². The molecule has 0 unspecified atom stereocenters. The Morgan fingerprint density at radius 2 is 1.75 bits per heavy atom. The number of aliphatic imine (C=N–C) groups is 1. The molecule has 0 aromatic heterocycles. The van der Waals surface area contributed by atoms with Gasteiger partial charge in [-0.1, -0.05) is 58.3 Å². The number of hydroxylamine groups is 1. The molecular formula is C20H23ClN4O3. The van der Waals surface area contributed by atoms with Crippen LogP contribution in [0.5, 0.6) is 0 Å². The number of hydrogen-bond donors (Lipinski definition) is 1. The fourth-order valence-electron chi connectivity index (χ4n) is 2.43. The maximum Gasteiger partial charge on any atom is 0.175 e. The largest absolute Gasteiger partial charge is 0.399 e. The van der Waals surface area contributed by atoms with E-state index in [2.05, 4.69) is 20.8 Å². The first-order valence-corrected chi connectivity index (χ1v) is 8.86. The van der Waals surface area contributed by atoms with E-state index in [0.717, 1.165) is 22.4 Å². The Balaban J connectivity index is 2.22. The highest BCUT2D eigenvalue weighted by Gasteiger charge is 2.16. The second-order valence-corrected chi connectivity index (χ2v) is 6.05. The number of oxime groups is 2. The lowest BCUT2D eigenvalue weighted by atomic mass is 10.0. The molecule has 0 radical (unpaired) electrons. The number of hydrogen-bond acceptors (Lipinski definition) is 6. The van der Waals surface area contributed by atoms with Gasteiger partial charge in [-0.3, -0.25) is 9.83 Å². The molecule has 0 bridgehead atoms. The van der Waals surface area contributed by atoms with Crippen molar-refractivity contribution in [3.05, 3.63) is 70.2 Å². The summed E-state index contributed by atoms with van der Waals surface area (Å²) in [5, 5.41) is 8.96. The maximum atomic E-state index is 5.92. The van der Waals surface area contributed by atoms with Crippen LogP contribution in [0.3, 0.4) is 0 Å². The van der Waals surface area contributed by atoms with Crippen LogP contribution in [0.15, 0.2) is 63.8 Å². The molecule has 1 N–H and O–H groups in total. The Morgan fingerprint density at radius 1 is 1.04 bits per heavy atom. The van der Waals surface area contributed by atoms with Gasteiger partial charge in [-0.05, 0) is 24.6 Å². The lowest BCUT2D eigenvalue weighted by molar-refractivity contribution is 0.130. The first kappa shape index (κ1) is 21.4. The minimum Gasteiger partial charge on any atom is -0.399 e. The van der Waals surface area contributed by atoms with Gasteiger partial charge in [-0.2, -0.15) is 0 Å². The van der Waals surface area contributed by atoms with Gasteiger partial charge in [0, 0.05) is 23.2 Å². The first-order chi connectivity index (χ1) is 13.6.